The maximum absolute atomic E-state index is 11.7. The van der Waals surface area contributed by atoms with E-state index >= 15 is 0 Å². The average Bonchev–Trinajstić information content (AvgIpc) is 2.36. The third kappa shape index (κ3) is 3.73. The van der Waals surface area contributed by atoms with Crippen LogP contribution >= 0.6 is 22.6 Å². The van der Waals surface area contributed by atoms with Crippen molar-refractivity contribution in [3.05, 3.63) is 60.3 Å². The molecule has 0 atom stereocenters. The standard InChI is InChI=1S/C17H21IN2O/c1-10-6-12(17(3,4)5)7-11(2)13(10)8-15-19-9-14(18)16(21)20-15/h6-7,9H,8H2,1-5H3,(H,19,20,21). The summed E-state index contributed by atoms with van der Waals surface area (Å²) in [6, 6.07) is 4.49. The van der Waals surface area contributed by atoms with Gasteiger partial charge in [-0.05, 0) is 64.1 Å². The number of nitrogens with one attached hydrogen (secondary N) is 1. The normalized spacial score (nSPS) is 11.7. The fraction of sp³-hybridized carbons (Fsp3) is 0.412. The number of H-pyrrole nitrogens is 1. The quantitative estimate of drug-likeness (QED) is 0.784. The van der Waals surface area contributed by atoms with E-state index in [4.69, 9.17) is 0 Å². The number of rotatable bonds is 2. The van der Waals surface area contributed by atoms with E-state index in [0.717, 1.165) is 5.82 Å². The molecular weight excluding hydrogens is 375 g/mol. The van der Waals surface area contributed by atoms with Crippen molar-refractivity contribution in [1.82, 2.24) is 9.97 Å². The summed E-state index contributed by atoms with van der Waals surface area (Å²) in [6.45, 7) is 10.9. The van der Waals surface area contributed by atoms with Gasteiger partial charge in [0.15, 0.2) is 0 Å². The van der Waals surface area contributed by atoms with Gasteiger partial charge in [-0.2, -0.15) is 0 Å². The van der Waals surface area contributed by atoms with Crippen LogP contribution in [-0.4, -0.2) is 9.97 Å². The highest BCUT2D eigenvalue weighted by atomic mass is 127. The molecule has 1 N–H and O–H groups in total. The summed E-state index contributed by atoms with van der Waals surface area (Å²) in [5.74, 6) is 0.718. The fourth-order valence-electron chi connectivity index (χ4n) is 2.38. The zero-order valence-electron chi connectivity index (χ0n) is 13.2. The van der Waals surface area contributed by atoms with Gasteiger partial charge in [0.1, 0.15) is 5.82 Å². The third-order valence-corrected chi connectivity index (χ3v) is 4.48. The Labute approximate surface area is 139 Å². The van der Waals surface area contributed by atoms with E-state index in [-0.39, 0.29) is 11.0 Å². The Kier molecular flexibility index (Phi) is 4.56. The summed E-state index contributed by atoms with van der Waals surface area (Å²) < 4.78 is 0.618. The van der Waals surface area contributed by atoms with Crippen LogP contribution in [0.3, 0.4) is 0 Å². The second kappa shape index (κ2) is 5.91. The Morgan fingerprint density at radius 3 is 2.24 bits per heavy atom. The van der Waals surface area contributed by atoms with Crippen LogP contribution < -0.4 is 5.56 Å². The molecule has 1 aromatic heterocycles. The summed E-state index contributed by atoms with van der Waals surface area (Å²) in [5, 5.41) is 0. The van der Waals surface area contributed by atoms with Crippen LogP contribution in [-0.2, 0) is 11.8 Å². The van der Waals surface area contributed by atoms with Crippen molar-refractivity contribution >= 4 is 22.6 Å². The van der Waals surface area contributed by atoms with E-state index in [1.54, 1.807) is 6.20 Å². The molecule has 0 aliphatic heterocycles. The molecule has 2 rings (SSSR count). The molecule has 0 aliphatic carbocycles. The number of halogens is 1. The van der Waals surface area contributed by atoms with Gasteiger partial charge in [-0.25, -0.2) is 4.98 Å². The lowest BCUT2D eigenvalue weighted by atomic mass is 9.83. The lowest BCUT2D eigenvalue weighted by molar-refractivity contribution is 0.588. The minimum atomic E-state index is -0.0674. The topological polar surface area (TPSA) is 45.8 Å². The molecule has 112 valence electrons. The van der Waals surface area contributed by atoms with Crippen molar-refractivity contribution < 1.29 is 0 Å². The number of benzene rings is 1. The Morgan fingerprint density at radius 1 is 1.19 bits per heavy atom. The summed E-state index contributed by atoms with van der Waals surface area (Å²) >= 11 is 1.99. The van der Waals surface area contributed by atoms with E-state index in [9.17, 15) is 4.79 Å². The monoisotopic (exact) mass is 396 g/mol. The van der Waals surface area contributed by atoms with Gasteiger partial charge in [0.2, 0.25) is 0 Å². The lowest BCUT2D eigenvalue weighted by Gasteiger charge is -2.22. The SMILES string of the molecule is Cc1cc(C(C)(C)C)cc(C)c1Cc1ncc(I)c(=O)[nH]1. The molecule has 1 heterocycles. The zero-order chi connectivity index (χ0) is 15.8. The van der Waals surface area contributed by atoms with Crippen LogP contribution in [0, 0.1) is 17.4 Å². The van der Waals surface area contributed by atoms with Gasteiger partial charge >= 0.3 is 0 Å². The first-order valence-electron chi connectivity index (χ1n) is 7.03. The van der Waals surface area contributed by atoms with Gasteiger partial charge in [0.05, 0.1) is 3.57 Å². The molecule has 3 nitrogen and oxygen atoms in total. The number of nitrogens with zero attached hydrogens (tertiary/aromatic N) is 1. The first-order chi connectivity index (χ1) is 9.68. The lowest BCUT2D eigenvalue weighted by Crippen LogP contribution is -2.15. The van der Waals surface area contributed by atoms with Gasteiger partial charge in [0.25, 0.3) is 5.56 Å². The van der Waals surface area contributed by atoms with E-state index in [1.807, 2.05) is 22.6 Å². The second-order valence-electron chi connectivity index (χ2n) is 6.52. The third-order valence-electron chi connectivity index (χ3n) is 3.71. The first-order valence-corrected chi connectivity index (χ1v) is 8.10. The zero-order valence-corrected chi connectivity index (χ0v) is 15.3. The number of aromatic nitrogens is 2. The van der Waals surface area contributed by atoms with Gasteiger partial charge in [-0.1, -0.05) is 32.9 Å². The molecule has 2 aromatic rings. The second-order valence-corrected chi connectivity index (χ2v) is 7.68. The Balaban J connectivity index is 2.41. The van der Waals surface area contributed by atoms with Crippen molar-refractivity contribution in [3.63, 3.8) is 0 Å². The molecular formula is C17H21IN2O. The Hall–Kier alpha value is -1.17. The fourth-order valence-corrected chi connectivity index (χ4v) is 2.65. The molecule has 0 aliphatic rings. The summed E-state index contributed by atoms with van der Waals surface area (Å²) in [6.07, 6.45) is 2.29. The predicted octanol–water partition coefficient (Wildman–Crippen LogP) is 3.88. The van der Waals surface area contributed by atoms with Gasteiger partial charge < -0.3 is 4.98 Å². The molecule has 0 radical (unpaired) electrons. The van der Waals surface area contributed by atoms with E-state index in [0.29, 0.717) is 9.99 Å². The molecule has 21 heavy (non-hydrogen) atoms. The summed E-state index contributed by atoms with van der Waals surface area (Å²) in [7, 11) is 0. The van der Waals surface area contributed by atoms with Crippen LogP contribution in [0.15, 0.2) is 23.1 Å². The van der Waals surface area contributed by atoms with Crippen LogP contribution in [0.25, 0.3) is 0 Å². The van der Waals surface area contributed by atoms with E-state index in [2.05, 4.69) is 56.7 Å². The Morgan fingerprint density at radius 2 is 1.76 bits per heavy atom. The highest BCUT2D eigenvalue weighted by Crippen LogP contribution is 2.27. The molecule has 0 saturated carbocycles. The molecule has 0 bridgehead atoms. The van der Waals surface area contributed by atoms with Crippen LogP contribution in [0.1, 0.15) is 48.8 Å². The molecule has 4 heteroatoms. The van der Waals surface area contributed by atoms with Crippen LogP contribution in [0.4, 0.5) is 0 Å². The first kappa shape index (κ1) is 16.2. The van der Waals surface area contributed by atoms with Crippen LogP contribution in [0.5, 0.6) is 0 Å². The predicted molar refractivity (Wildman–Crippen MR) is 95.0 cm³/mol. The van der Waals surface area contributed by atoms with Crippen molar-refractivity contribution in [2.24, 2.45) is 0 Å². The summed E-state index contributed by atoms with van der Waals surface area (Å²) in [5.41, 5.74) is 5.16. The maximum atomic E-state index is 11.7. The largest absolute Gasteiger partial charge is 0.309 e. The number of aromatic amines is 1. The van der Waals surface area contributed by atoms with Crippen molar-refractivity contribution in [2.75, 3.05) is 0 Å². The van der Waals surface area contributed by atoms with E-state index < -0.39 is 0 Å². The Bertz CT molecular complexity index is 703. The highest BCUT2D eigenvalue weighted by Gasteiger charge is 2.16. The number of hydrogen-bond donors (Lipinski definition) is 1. The highest BCUT2D eigenvalue weighted by molar-refractivity contribution is 14.1. The molecule has 0 unspecified atom stereocenters. The molecule has 1 aromatic carbocycles. The van der Waals surface area contributed by atoms with Crippen molar-refractivity contribution in [1.29, 1.82) is 0 Å². The van der Waals surface area contributed by atoms with E-state index in [1.165, 1.54) is 22.3 Å². The minimum Gasteiger partial charge on any atom is -0.309 e. The van der Waals surface area contributed by atoms with Gasteiger partial charge in [0, 0.05) is 12.6 Å². The van der Waals surface area contributed by atoms with Crippen LogP contribution in [0.2, 0.25) is 0 Å². The number of aryl methyl sites for hydroxylation is 2. The molecule has 0 spiro atoms. The average molecular weight is 396 g/mol. The molecule has 0 saturated heterocycles. The molecule has 0 amide bonds. The minimum absolute atomic E-state index is 0.0674. The number of hydrogen-bond acceptors (Lipinski definition) is 2. The smallest absolute Gasteiger partial charge is 0.264 e. The van der Waals surface area contributed by atoms with Crippen molar-refractivity contribution in [3.8, 4) is 0 Å². The van der Waals surface area contributed by atoms with Crippen molar-refractivity contribution in [2.45, 2.75) is 46.5 Å². The molecule has 0 fully saturated rings. The van der Waals surface area contributed by atoms with Gasteiger partial charge in [-0.3, -0.25) is 4.79 Å². The van der Waals surface area contributed by atoms with Gasteiger partial charge in [-0.15, -0.1) is 0 Å². The summed E-state index contributed by atoms with van der Waals surface area (Å²) in [4.78, 5) is 18.9. The maximum Gasteiger partial charge on any atom is 0.264 e.